The minimum Gasteiger partial charge on any atom is -0.466 e. The van der Waals surface area contributed by atoms with Crippen LogP contribution in [-0.2, 0) is 9.53 Å². The average Bonchev–Trinajstić information content (AvgIpc) is 2.44. The van der Waals surface area contributed by atoms with E-state index in [-0.39, 0.29) is 17.1 Å². The molecular formula is C12H11ClF3N3O3. The summed E-state index contributed by atoms with van der Waals surface area (Å²) in [4.78, 5) is 11.5. The fourth-order valence-corrected chi connectivity index (χ4v) is 1.66. The van der Waals surface area contributed by atoms with Gasteiger partial charge in [-0.1, -0.05) is 22.9 Å². The molecule has 0 aliphatic heterocycles. The molecule has 0 saturated carbocycles. The number of nitrogens with two attached hydrogens (primary N) is 1. The van der Waals surface area contributed by atoms with Crippen LogP contribution in [0.5, 0.6) is 5.75 Å². The van der Waals surface area contributed by atoms with Gasteiger partial charge < -0.3 is 15.3 Å². The molecule has 0 unspecified atom stereocenters. The lowest BCUT2D eigenvalue weighted by Crippen LogP contribution is -2.17. The van der Waals surface area contributed by atoms with Crippen LogP contribution in [0.2, 0.25) is 5.02 Å². The van der Waals surface area contributed by atoms with E-state index in [0.717, 1.165) is 6.07 Å². The van der Waals surface area contributed by atoms with Gasteiger partial charge in [-0.3, -0.25) is 0 Å². The smallest absolute Gasteiger partial charge is 0.466 e. The Morgan fingerprint density at radius 1 is 1.45 bits per heavy atom. The van der Waals surface area contributed by atoms with Crippen LogP contribution in [0.1, 0.15) is 5.56 Å². The van der Waals surface area contributed by atoms with Crippen molar-refractivity contribution >= 4 is 23.6 Å². The summed E-state index contributed by atoms with van der Waals surface area (Å²) in [6, 6.07) is 3.52. The van der Waals surface area contributed by atoms with E-state index in [1.165, 1.54) is 25.3 Å². The highest BCUT2D eigenvalue weighted by atomic mass is 35.5. The summed E-state index contributed by atoms with van der Waals surface area (Å²) >= 11 is 5.70. The van der Waals surface area contributed by atoms with Crippen molar-refractivity contribution in [2.24, 2.45) is 16.2 Å². The average molecular weight is 338 g/mol. The SMILES string of the molecule is COC(=O)/C(=C/c1ccc(OC(F)(F)F)c(Cl)c1)CN=NN. The molecule has 0 aliphatic rings. The number of methoxy groups -OCH3 is 1. The number of alkyl halides is 3. The molecule has 1 aromatic carbocycles. The summed E-state index contributed by atoms with van der Waals surface area (Å²) in [6.07, 6.45) is -3.51. The van der Waals surface area contributed by atoms with E-state index in [1.807, 2.05) is 0 Å². The van der Waals surface area contributed by atoms with E-state index in [4.69, 9.17) is 17.4 Å². The van der Waals surface area contributed by atoms with E-state index in [1.54, 1.807) is 0 Å². The Kier molecular flexibility index (Phi) is 6.17. The summed E-state index contributed by atoms with van der Waals surface area (Å²) < 4.78 is 44.7. The molecule has 0 radical (unpaired) electrons. The minimum absolute atomic E-state index is 0.0947. The molecular weight excluding hydrogens is 327 g/mol. The Morgan fingerprint density at radius 3 is 2.64 bits per heavy atom. The van der Waals surface area contributed by atoms with Crippen LogP contribution in [-0.4, -0.2) is 26.0 Å². The van der Waals surface area contributed by atoms with Crippen LogP contribution >= 0.6 is 11.6 Å². The molecule has 0 fully saturated rings. The van der Waals surface area contributed by atoms with Crippen LogP contribution < -0.4 is 10.6 Å². The predicted molar refractivity (Wildman–Crippen MR) is 72.0 cm³/mol. The first-order valence-electron chi connectivity index (χ1n) is 5.67. The molecule has 0 aromatic heterocycles. The van der Waals surface area contributed by atoms with Gasteiger partial charge in [0.25, 0.3) is 0 Å². The first-order valence-corrected chi connectivity index (χ1v) is 6.05. The molecule has 0 bridgehead atoms. The van der Waals surface area contributed by atoms with Gasteiger partial charge >= 0.3 is 12.3 Å². The Morgan fingerprint density at radius 2 is 2.14 bits per heavy atom. The molecule has 1 rings (SSSR count). The van der Waals surface area contributed by atoms with E-state index < -0.39 is 18.1 Å². The number of nitrogens with zero attached hydrogens (tertiary/aromatic N) is 2. The van der Waals surface area contributed by atoms with Gasteiger partial charge in [-0.05, 0) is 23.8 Å². The van der Waals surface area contributed by atoms with Gasteiger partial charge in [-0.25, -0.2) is 4.79 Å². The molecule has 0 saturated heterocycles. The zero-order valence-corrected chi connectivity index (χ0v) is 12.0. The molecule has 22 heavy (non-hydrogen) atoms. The molecule has 2 N–H and O–H groups in total. The summed E-state index contributed by atoms with van der Waals surface area (Å²) in [5.74, 6) is 3.62. The van der Waals surface area contributed by atoms with Crippen LogP contribution in [0.25, 0.3) is 6.08 Å². The lowest BCUT2D eigenvalue weighted by molar-refractivity contribution is -0.274. The third-order valence-corrected chi connectivity index (χ3v) is 2.59. The fraction of sp³-hybridized carbons (Fsp3) is 0.250. The number of carbonyl (C=O) groups is 1. The van der Waals surface area contributed by atoms with Crippen LogP contribution in [0.4, 0.5) is 13.2 Å². The maximum absolute atomic E-state index is 12.1. The maximum Gasteiger partial charge on any atom is 0.573 e. The van der Waals surface area contributed by atoms with E-state index in [0.29, 0.717) is 5.56 Å². The van der Waals surface area contributed by atoms with Crippen molar-refractivity contribution in [2.45, 2.75) is 6.36 Å². The lowest BCUT2D eigenvalue weighted by Gasteiger charge is -2.10. The van der Waals surface area contributed by atoms with Gasteiger partial charge in [-0.15, -0.1) is 13.2 Å². The number of benzene rings is 1. The normalized spacial score (nSPS) is 12.5. The highest BCUT2D eigenvalue weighted by Gasteiger charge is 2.32. The van der Waals surface area contributed by atoms with Crippen LogP contribution in [0, 0.1) is 0 Å². The zero-order chi connectivity index (χ0) is 16.8. The second-order valence-corrected chi connectivity index (χ2v) is 4.22. The predicted octanol–water partition coefficient (Wildman–Crippen LogP) is 3.12. The molecule has 0 amide bonds. The van der Waals surface area contributed by atoms with Gasteiger partial charge in [0.1, 0.15) is 5.75 Å². The van der Waals surface area contributed by atoms with Crippen molar-refractivity contribution in [2.75, 3.05) is 13.7 Å². The van der Waals surface area contributed by atoms with E-state index in [9.17, 15) is 18.0 Å². The second kappa shape index (κ2) is 7.64. The zero-order valence-electron chi connectivity index (χ0n) is 11.2. The van der Waals surface area contributed by atoms with Crippen LogP contribution in [0.3, 0.4) is 0 Å². The van der Waals surface area contributed by atoms with Crippen molar-refractivity contribution in [3.05, 3.63) is 34.4 Å². The van der Waals surface area contributed by atoms with Gasteiger partial charge in [0.15, 0.2) is 0 Å². The molecule has 0 atom stereocenters. The standard InChI is InChI=1S/C12H11ClF3N3O3/c1-21-11(20)8(6-18-19-17)4-7-2-3-10(9(13)5-7)22-12(14,15)16/h2-5H,6H2,1H3,(H2,17,18)/b8-4+. The summed E-state index contributed by atoms with van der Waals surface area (Å²) in [5.41, 5.74) is 0.449. The quantitative estimate of drug-likeness (QED) is 0.294. The Balaban J connectivity index is 3.07. The first-order chi connectivity index (χ1) is 10.3. The number of esters is 1. The molecule has 0 heterocycles. The second-order valence-electron chi connectivity index (χ2n) is 3.81. The molecule has 0 aliphatic carbocycles. The Labute approximate surface area is 128 Å². The lowest BCUT2D eigenvalue weighted by atomic mass is 10.1. The summed E-state index contributed by atoms with van der Waals surface area (Å²) in [5, 5.41) is 6.20. The number of carbonyl (C=O) groups excluding carboxylic acids is 1. The van der Waals surface area contributed by atoms with Crippen molar-refractivity contribution in [1.82, 2.24) is 0 Å². The van der Waals surface area contributed by atoms with Crippen LogP contribution in [0.15, 0.2) is 34.1 Å². The molecule has 6 nitrogen and oxygen atoms in total. The summed E-state index contributed by atoms with van der Waals surface area (Å²) in [7, 11) is 1.17. The number of hydrogen-bond donors (Lipinski definition) is 1. The van der Waals surface area contributed by atoms with E-state index in [2.05, 4.69) is 19.8 Å². The van der Waals surface area contributed by atoms with Gasteiger partial charge in [0.05, 0.1) is 24.3 Å². The third kappa shape index (κ3) is 5.60. The highest BCUT2D eigenvalue weighted by molar-refractivity contribution is 6.32. The first kappa shape index (κ1) is 17.8. The molecule has 120 valence electrons. The highest BCUT2D eigenvalue weighted by Crippen LogP contribution is 2.31. The molecule has 1 aromatic rings. The van der Waals surface area contributed by atoms with Crippen molar-refractivity contribution in [1.29, 1.82) is 0 Å². The molecule has 0 spiro atoms. The third-order valence-electron chi connectivity index (χ3n) is 2.29. The fourth-order valence-electron chi connectivity index (χ4n) is 1.43. The topological polar surface area (TPSA) is 86.3 Å². The van der Waals surface area contributed by atoms with Crippen molar-refractivity contribution in [3.63, 3.8) is 0 Å². The minimum atomic E-state index is -4.85. The van der Waals surface area contributed by atoms with Crippen molar-refractivity contribution < 1.29 is 27.4 Å². The monoisotopic (exact) mass is 337 g/mol. The van der Waals surface area contributed by atoms with E-state index >= 15 is 0 Å². The number of halogens is 4. The van der Waals surface area contributed by atoms with Crippen molar-refractivity contribution in [3.8, 4) is 5.75 Å². The van der Waals surface area contributed by atoms with Gasteiger partial charge in [0.2, 0.25) is 0 Å². The molecule has 10 heteroatoms. The summed E-state index contributed by atoms with van der Waals surface area (Å²) in [6.45, 7) is -0.151. The number of ether oxygens (including phenoxy) is 2. The number of rotatable bonds is 5. The number of hydrogen-bond acceptors (Lipinski definition) is 5. The maximum atomic E-state index is 12.1. The van der Waals surface area contributed by atoms with Gasteiger partial charge in [-0.2, -0.15) is 5.11 Å². The van der Waals surface area contributed by atoms with Gasteiger partial charge in [0, 0.05) is 0 Å². The Bertz CT molecular complexity index is 603. The largest absolute Gasteiger partial charge is 0.573 e. The Hall–Kier alpha value is -2.29.